The molecular formula is C22H20FNO2S. The molecule has 0 aliphatic rings. The number of ether oxygens (including phenoxy) is 1. The molecule has 0 bridgehead atoms. The summed E-state index contributed by atoms with van der Waals surface area (Å²) < 4.78 is 19.5. The van der Waals surface area contributed by atoms with Crippen LogP contribution in [0.1, 0.15) is 22.8 Å². The topological polar surface area (TPSA) is 38.3 Å². The van der Waals surface area contributed by atoms with Crippen LogP contribution < -0.4 is 10.1 Å². The van der Waals surface area contributed by atoms with Gasteiger partial charge in [-0.1, -0.05) is 30.3 Å². The maximum atomic E-state index is 13.8. The zero-order chi connectivity index (χ0) is 19.1. The summed E-state index contributed by atoms with van der Waals surface area (Å²) in [4.78, 5) is 13.7. The van der Waals surface area contributed by atoms with Crippen LogP contribution in [0.15, 0.2) is 77.7 Å². The molecule has 0 aliphatic carbocycles. The molecule has 3 rings (SSSR count). The number of carbonyl (C=O) groups excluding carboxylic acids is 1. The lowest BCUT2D eigenvalue weighted by Crippen LogP contribution is -2.13. The van der Waals surface area contributed by atoms with Crippen molar-refractivity contribution >= 4 is 23.4 Å². The number of thioether (sulfide) groups is 1. The molecule has 0 radical (unpaired) electrons. The fourth-order valence-corrected chi connectivity index (χ4v) is 3.46. The Morgan fingerprint density at radius 1 is 1.04 bits per heavy atom. The number of carbonyl (C=O) groups is 1. The third-order valence-electron chi connectivity index (χ3n) is 3.88. The predicted octanol–water partition coefficient (Wildman–Crippen LogP) is 5.77. The molecule has 3 aromatic rings. The van der Waals surface area contributed by atoms with Gasteiger partial charge in [0.2, 0.25) is 0 Å². The van der Waals surface area contributed by atoms with Crippen LogP contribution in [0.25, 0.3) is 0 Å². The Bertz CT molecular complexity index is 915. The van der Waals surface area contributed by atoms with Crippen LogP contribution in [-0.2, 0) is 5.75 Å². The van der Waals surface area contributed by atoms with Gasteiger partial charge in [-0.25, -0.2) is 4.39 Å². The number of anilines is 1. The molecule has 0 unspecified atom stereocenters. The van der Waals surface area contributed by atoms with Gasteiger partial charge in [-0.3, -0.25) is 4.79 Å². The molecule has 3 nitrogen and oxygen atoms in total. The molecule has 138 valence electrons. The average Bonchev–Trinajstić information content (AvgIpc) is 2.70. The van der Waals surface area contributed by atoms with Crippen LogP contribution in [0.2, 0.25) is 0 Å². The molecule has 0 saturated heterocycles. The van der Waals surface area contributed by atoms with Gasteiger partial charge in [0, 0.05) is 21.8 Å². The zero-order valence-corrected chi connectivity index (χ0v) is 15.8. The smallest absolute Gasteiger partial charge is 0.255 e. The highest BCUT2D eigenvalue weighted by Gasteiger charge is 2.13. The van der Waals surface area contributed by atoms with Gasteiger partial charge in [-0.2, -0.15) is 0 Å². The second-order valence-electron chi connectivity index (χ2n) is 5.79. The molecular weight excluding hydrogens is 361 g/mol. The predicted molar refractivity (Wildman–Crippen MR) is 108 cm³/mol. The van der Waals surface area contributed by atoms with Crippen molar-refractivity contribution in [1.82, 2.24) is 0 Å². The van der Waals surface area contributed by atoms with Gasteiger partial charge in [0.1, 0.15) is 11.6 Å². The van der Waals surface area contributed by atoms with E-state index in [4.69, 9.17) is 4.74 Å². The highest BCUT2D eigenvalue weighted by atomic mass is 32.2. The minimum atomic E-state index is -0.461. The molecule has 3 aromatic carbocycles. The van der Waals surface area contributed by atoms with Crippen LogP contribution >= 0.6 is 11.8 Å². The Labute approximate surface area is 162 Å². The van der Waals surface area contributed by atoms with Crippen molar-refractivity contribution in [2.45, 2.75) is 17.6 Å². The average molecular weight is 381 g/mol. The van der Waals surface area contributed by atoms with Gasteiger partial charge in [0.25, 0.3) is 5.91 Å². The van der Waals surface area contributed by atoms with Gasteiger partial charge in [-0.05, 0) is 49.4 Å². The van der Waals surface area contributed by atoms with Gasteiger partial charge >= 0.3 is 0 Å². The molecule has 0 fully saturated rings. The van der Waals surface area contributed by atoms with E-state index < -0.39 is 5.82 Å². The van der Waals surface area contributed by atoms with Crippen molar-refractivity contribution in [3.8, 4) is 5.75 Å². The van der Waals surface area contributed by atoms with E-state index in [0.717, 1.165) is 16.2 Å². The van der Waals surface area contributed by atoms with Crippen LogP contribution in [0.4, 0.5) is 10.1 Å². The summed E-state index contributed by atoms with van der Waals surface area (Å²) in [6.45, 7) is 2.47. The third-order valence-corrected chi connectivity index (χ3v) is 4.94. The second kappa shape index (κ2) is 9.24. The van der Waals surface area contributed by atoms with E-state index in [2.05, 4.69) is 5.32 Å². The van der Waals surface area contributed by atoms with E-state index in [1.54, 1.807) is 42.1 Å². The largest absolute Gasteiger partial charge is 0.494 e. The molecule has 1 N–H and O–H groups in total. The first-order valence-corrected chi connectivity index (χ1v) is 9.65. The number of amides is 1. The Morgan fingerprint density at radius 2 is 1.78 bits per heavy atom. The second-order valence-corrected chi connectivity index (χ2v) is 6.84. The molecule has 5 heteroatoms. The van der Waals surface area contributed by atoms with Crippen molar-refractivity contribution in [3.63, 3.8) is 0 Å². The van der Waals surface area contributed by atoms with Crippen molar-refractivity contribution < 1.29 is 13.9 Å². The molecule has 0 heterocycles. The Kier molecular flexibility index (Phi) is 6.49. The van der Waals surface area contributed by atoms with Crippen LogP contribution in [-0.4, -0.2) is 12.5 Å². The van der Waals surface area contributed by atoms with Crippen LogP contribution in [0.3, 0.4) is 0 Å². The SMILES string of the molecule is CCOc1ccc(C(=O)Nc2ccccc2F)cc1CSc1ccccc1. The standard InChI is InChI=1S/C22H20FNO2S/c1-2-26-21-13-12-16(22(25)24-20-11-7-6-10-19(20)23)14-17(21)15-27-18-8-4-3-5-9-18/h3-14H,2,15H2,1H3,(H,24,25). The van der Waals surface area contributed by atoms with E-state index in [9.17, 15) is 9.18 Å². The van der Waals surface area contributed by atoms with Crippen molar-refractivity contribution in [2.24, 2.45) is 0 Å². The minimum Gasteiger partial charge on any atom is -0.494 e. The highest BCUT2D eigenvalue weighted by Crippen LogP contribution is 2.29. The summed E-state index contributed by atoms with van der Waals surface area (Å²) in [5, 5.41) is 2.62. The summed E-state index contributed by atoms with van der Waals surface area (Å²) in [5.41, 5.74) is 1.55. The monoisotopic (exact) mass is 381 g/mol. The van der Waals surface area contributed by atoms with E-state index in [0.29, 0.717) is 17.9 Å². The summed E-state index contributed by atoms with van der Waals surface area (Å²) in [6.07, 6.45) is 0. The summed E-state index contributed by atoms with van der Waals surface area (Å²) in [6, 6.07) is 21.4. The number of para-hydroxylation sites is 1. The van der Waals surface area contributed by atoms with Gasteiger partial charge < -0.3 is 10.1 Å². The molecule has 0 saturated carbocycles. The first-order valence-electron chi connectivity index (χ1n) is 8.67. The number of nitrogens with one attached hydrogen (secondary N) is 1. The fraction of sp³-hybridized carbons (Fsp3) is 0.136. The summed E-state index contributed by atoms with van der Waals surface area (Å²) in [7, 11) is 0. The van der Waals surface area contributed by atoms with Gasteiger partial charge in [-0.15, -0.1) is 11.8 Å². The molecule has 27 heavy (non-hydrogen) atoms. The summed E-state index contributed by atoms with van der Waals surface area (Å²) >= 11 is 1.67. The number of halogens is 1. The fourth-order valence-electron chi connectivity index (χ4n) is 2.56. The lowest BCUT2D eigenvalue weighted by atomic mass is 10.1. The summed E-state index contributed by atoms with van der Waals surface area (Å²) in [5.74, 6) is 0.606. The minimum absolute atomic E-state index is 0.164. The maximum Gasteiger partial charge on any atom is 0.255 e. The van der Waals surface area contributed by atoms with E-state index in [-0.39, 0.29) is 11.6 Å². The van der Waals surface area contributed by atoms with E-state index in [1.165, 1.54) is 12.1 Å². The van der Waals surface area contributed by atoms with Crippen LogP contribution in [0, 0.1) is 5.82 Å². The number of benzene rings is 3. The highest BCUT2D eigenvalue weighted by molar-refractivity contribution is 7.98. The third kappa shape index (κ3) is 5.11. The van der Waals surface area contributed by atoms with E-state index >= 15 is 0 Å². The molecule has 1 amide bonds. The quantitative estimate of drug-likeness (QED) is 0.528. The Hall–Kier alpha value is -2.79. The first kappa shape index (κ1) is 19.0. The Balaban J connectivity index is 1.79. The van der Waals surface area contributed by atoms with Crippen molar-refractivity contribution in [3.05, 3.63) is 89.7 Å². The van der Waals surface area contributed by atoms with E-state index in [1.807, 2.05) is 37.3 Å². The molecule has 0 aromatic heterocycles. The molecule has 0 aliphatic heterocycles. The molecule has 0 atom stereocenters. The lowest BCUT2D eigenvalue weighted by molar-refractivity contribution is 0.102. The number of rotatable bonds is 7. The van der Waals surface area contributed by atoms with Crippen LogP contribution in [0.5, 0.6) is 5.75 Å². The normalized spacial score (nSPS) is 10.4. The first-order chi connectivity index (χ1) is 13.2. The molecule has 0 spiro atoms. The zero-order valence-electron chi connectivity index (χ0n) is 14.9. The van der Waals surface area contributed by atoms with Gasteiger partial charge in [0.15, 0.2) is 0 Å². The maximum absolute atomic E-state index is 13.8. The van der Waals surface area contributed by atoms with Gasteiger partial charge in [0.05, 0.1) is 12.3 Å². The number of hydrogen-bond donors (Lipinski definition) is 1. The number of hydrogen-bond acceptors (Lipinski definition) is 3. The van der Waals surface area contributed by atoms with Crippen molar-refractivity contribution in [1.29, 1.82) is 0 Å². The van der Waals surface area contributed by atoms with Crippen molar-refractivity contribution in [2.75, 3.05) is 11.9 Å². The lowest BCUT2D eigenvalue weighted by Gasteiger charge is -2.13. The Morgan fingerprint density at radius 3 is 2.52 bits per heavy atom.